The van der Waals surface area contributed by atoms with Crippen LogP contribution in [0.15, 0.2) is 29.1 Å². The summed E-state index contributed by atoms with van der Waals surface area (Å²) in [6.45, 7) is 0. The second-order valence-corrected chi connectivity index (χ2v) is 6.68. The third-order valence-electron chi connectivity index (χ3n) is 4.14. The SMILES string of the molecule is COc1ccc(/C=C/c2nc3sc4c(c3c(=O)[nH]2)CCC4)cc1. The van der Waals surface area contributed by atoms with Crippen LogP contribution in [0.5, 0.6) is 5.75 Å². The van der Waals surface area contributed by atoms with Crippen molar-refractivity contribution in [2.75, 3.05) is 7.11 Å². The Morgan fingerprint density at radius 2 is 2.04 bits per heavy atom. The number of fused-ring (bicyclic) bond motifs is 3. The highest BCUT2D eigenvalue weighted by atomic mass is 32.1. The summed E-state index contributed by atoms with van der Waals surface area (Å²) in [7, 11) is 1.65. The lowest BCUT2D eigenvalue weighted by molar-refractivity contribution is 0.415. The van der Waals surface area contributed by atoms with Crippen molar-refractivity contribution in [1.82, 2.24) is 9.97 Å². The lowest BCUT2D eigenvalue weighted by Crippen LogP contribution is -2.09. The van der Waals surface area contributed by atoms with Crippen LogP contribution in [-0.2, 0) is 12.8 Å². The molecule has 116 valence electrons. The molecule has 0 fully saturated rings. The molecule has 0 spiro atoms. The number of H-pyrrole nitrogens is 1. The number of nitrogens with zero attached hydrogens (tertiary/aromatic N) is 1. The average molecular weight is 324 g/mol. The van der Waals surface area contributed by atoms with Crippen LogP contribution >= 0.6 is 11.3 Å². The lowest BCUT2D eigenvalue weighted by atomic mass is 10.2. The lowest BCUT2D eigenvalue weighted by Gasteiger charge is -1.99. The smallest absolute Gasteiger partial charge is 0.260 e. The van der Waals surface area contributed by atoms with Crippen molar-refractivity contribution in [1.29, 1.82) is 0 Å². The summed E-state index contributed by atoms with van der Waals surface area (Å²) >= 11 is 1.66. The first kappa shape index (κ1) is 14.2. The van der Waals surface area contributed by atoms with Crippen LogP contribution in [0.2, 0.25) is 0 Å². The Morgan fingerprint density at radius 3 is 2.83 bits per heavy atom. The Kier molecular flexibility index (Phi) is 3.50. The van der Waals surface area contributed by atoms with Crippen molar-refractivity contribution in [3.05, 3.63) is 56.4 Å². The zero-order valence-corrected chi connectivity index (χ0v) is 13.6. The first-order valence-electron chi connectivity index (χ1n) is 7.61. The second-order valence-electron chi connectivity index (χ2n) is 5.60. The third kappa shape index (κ3) is 2.57. The van der Waals surface area contributed by atoms with E-state index >= 15 is 0 Å². The average Bonchev–Trinajstić information content (AvgIpc) is 3.13. The van der Waals surface area contributed by atoms with Gasteiger partial charge in [-0.2, -0.15) is 0 Å². The van der Waals surface area contributed by atoms with Crippen molar-refractivity contribution in [2.45, 2.75) is 19.3 Å². The van der Waals surface area contributed by atoms with Crippen molar-refractivity contribution in [3.8, 4) is 5.75 Å². The quantitative estimate of drug-likeness (QED) is 0.800. The molecule has 0 aliphatic heterocycles. The molecule has 1 N–H and O–H groups in total. The number of benzene rings is 1. The first-order valence-corrected chi connectivity index (χ1v) is 8.43. The monoisotopic (exact) mass is 324 g/mol. The Bertz CT molecular complexity index is 952. The van der Waals surface area contributed by atoms with E-state index in [4.69, 9.17) is 4.74 Å². The minimum atomic E-state index is -0.0243. The van der Waals surface area contributed by atoms with Gasteiger partial charge in [0.1, 0.15) is 16.4 Å². The number of aromatic amines is 1. The topological polar surface area (TPSA) is 55.0 Å². The van der Waals surface area contributed by atoms with Crippen molar-refractivity contribution >= 4 is 33.7 Å². The molecule has 0 unspecified atom stereocenters. The van der Waals surface area contributed by atoms with Crippen molar-refractivity contribution < 1.29 is 4.74 Å². The van der Waals surface area contributed by atoms with Crippen LogP contribution in [0.1, 0.15) is 28.2 Å². The number of ether oxygens (including phenoxy) is 1. The standard InChI is InChI=1S/C18H16N2O2S/c1-22-12-8-5-11(6-9-12)7-10-15-19-17(21)16-13-3-2-4-14(13)23-18(16)20-15/h5-10H,2-4H2,1H3,(H,19,20,21)/b10-7+. The van der Waals surface area contributed by atoms with Crippen LogP contribution in [0.3, 0.4) is 0 Å². The third-order valence-corrected chi connectivity index (χ3v) is 5.33. The van der Waals surface area contributed by atoms with Gasteiger partial charge in [-0.3, -0.25) is 4.79 Å². The fraction of sp³-hybridized carbons (Fsp3) is 0.222. The number of rotatable bonds is 3. The van der Waals surface area contributed by atoms with Crippen LogP contribution in [-0.4, -0.2) is 17.1 Å². The Hall–Kier alpha value is -2.40. The molecule has 1 aliphatic carbocycles. The molecule has 3 aromatic rings. The second kappa shape index (κ2) is 5.66. The maximum Gasteiger partial charge on any atom is 0.260 e. The Balaban J connectivity index is 1.69. The normalized spacial score (nSPS) is 13.8. The maximum atomic E-state index is 12.4. The molecular formula is C18H16N2O2S. The predicted octanol–water partition coefficient (Wildman–Crippen LogP) is 3.65. The molecule has 0 saturated heterocycles. The molecule has 5 heteroatoms. The predicted molar refractivity (Wildman–Crippen MR) is 94.2 cm³/mol. The van der Waals surface area contributed by atoms with E-state index in [2.05, 4.69) is 9.97 Å². The van der Waals surface area contributed by atoms with Crippen molar-refractivity contribution in [3.63, 3.8) is 0 Å². The molecule has 2 heterocycles. The van der Waals surface area contributed by atoms with Gasteiger partial charge in [-0.25, -0.2) is 4.98 Å². The van der Waals surface area contributed by atoms with E-state index in [1.54, 1.807) is 18.4 Å². The van der Waals surface area contributed by atoms with Gasteiger partial charge in [-0.05, 0) is 48.6 Å². The number of methoxy groups -OCH3 is 1. The number of thiophene rings is 1. The van der Waals surface area contributed by atoms with Gasteiger partial charge in [0.05, 0.1) is 12.5 Å². The minimum Gasteiger partial charge on any atom is -0.497 e. The van der Waals surface area contributed by atoms with Gasteiger partial charge in [0, 0.05) is 4.88 Å². The molecule has 2 aromatic heterocycles. The van der Waals surface area contributed by atoms with Gasteiger partial charge in [-0.1, -0.05) is 18.2 Å². The summed E-state index contributed by atoms with van der Waals surface area (Å²) in [5.74, 6) is 1.42. The highest BCUT2D eigenvalue weighted by Crippen LogP contribution is 2.34. The van der Waals surface area contributed by atoms with Crippen LogP contribution in [0.4, 0.5) is 0 Å². The molecule has 4 rings (SSSR count). The van der Waals surface area contributed by atoms with E-state index in [-0.39, 0.29) is 5.56 Å². The highest BCUT2D eigenvalue weighted by Gasteiger charge is 2.20. The van der Waals surface area contributed by atoms with E-state index in [1.807, 2.05) is 36.4 Å². The number of aromatic nitrogens is 2. The number of aryl methyl sites for hydroxylation is 2. The number of nitrogens with one attached hydrogen (secondary N) is 1. The zero-order chi connectivity index (χ0) is 15.8. The molecule has 0 bridgehead atoms. The largest absolute Gasteiger partial charge is 0.497 e. The molecule has 1 aromatic carbocycles. The molecule has 0 atom stereocenters. The highest BCUT2D eigenvalue weighted by molar-refractivity contribution is 7.18. The van der Waals surface area contributed by atoms with Gasteiger partial charge in [0.25, 0.3) is 5.56 Å². The van der Waals surface area contributed by atoms with E-state index in [9.17, 15) is 4.79 Å². The summed E-state index contributed by atoms with van der Waals surface area (Å²) in [6, 6.07) is 7.74. The van der Waals surface area contributed by atoms with Crippen LogP contribution < -0.4 is 10.3 Å². The molecule has 0 amide bonds. The summed E-state index contributed by atoms with van der Waals surface area (Å²) in [6.07, 6.45) is 7.00. The molecule has 1 aliphatic rings. The zero-order valence-electron chi connectivity index (χ0n) is 12.8. The number of hydrogen-bond donors (Lipinski definition) is 1. The summed E-state index contributed by atoms with van der Waals surface area (Å²) in [5, 5.41) is 0.795. The molecule has 23 heavy (non-hydrogen) atoms. The Labute approximate surface area is 137 Å². The maximum absolute atomic E-state index is 12.4. The summed E-state index contributed by atoms with van der Waals surface area (Å²) in [4.78, 5) is 22.0. The minimum absolute atomic E-state index is 0.0243. The van der Waals surface area contributed by atoms with Gasteiger partial charge < -0.3 is 9.72 Å². The van der Waals surface area contributed by atoms with E-state index in [1.165, 1.54) is 10.4 Å². The fourth-order valence-electron chi connectivity index (χ4n) is 2.99. The Morgan fingerprint density at radius 1 is 1.22 bits per heavy atom. The summed E-state index contributed by atoms with van der Waals surface area (Å²) in [5.41, 5.74) is 2.22. The molecule has 4 nitrogen and oxygen atoms in total. The summed E-state index contributed by atoms with van der Waals surface area (Å²) < 4.78 is 5.14. The van der Waals surface area contributed by atoms with E-state index in [0.29, 0.717) is 5.82 Å². The first-order chi connectivity index (χ1) is 11.2. The number of hydrogen-bond acceptors (Lipinski definition) is 4. The molecule has 0 radical (unpaired) electrons. The van der Waals surface area contributed by atoms with Gasteiger partial charge in [0.15, 0.2) is 0 Å². The van der Waals surface area contributed by atoms with Crippen LogP contribution in [0, 0.1) is 0 Å². The molecule has 0 saturated carbocycles. The van der Waals surface area contributed by atoms with E-state index in [0.717, 1.165) is 40.8 Å². The van der Waals surface area contributed by atoms with Gasteiger partial charge in [0.2, 0.25) is 0 Å². The molecular weight excluding hydrogens is 308 g/mol. The van der Waals surface area contributed by atoms with Crippen molar-refractivity contribution in [2.24, 2.45) is 0 Å². The fourth-order valence-corrected chi connectivity index (χ4v) is 4.26. The van der Waals surface area contributed by atoms with Crippen LogP contribution in [0.25, 0.3) is 22.4 Å². The van der Waals surface area contributed by atoms with Gasteiger partial charge in [-0.15, -0.1) is 11.3 Å². The van der Waals surface area contributed by atoms with Gasteiger partial charge >= 0.3 is 0 Å². The van der Waals surface area contributed by atoms with E-state index < -0.39 is 0 Å².